The van der Waals surface area contributed by atoms with E-state index in [9.17, 15) is 20.5 Å². The molecule has 0 aliphatic carbocycles. The number of nitrogens with one attached hydrogen (secondary N) is 3. The van der Waals surface area contributed by atoms with Crippen molar-refractivity contribution in [3.05, 3.63) is 0 Å². The van der Waals surface area contributed by atoms with E-state index in [1.807, 2.05) is 27.7 Å². The minimum atomic E-state index is -1.17. The van der Waals surface area contributed by atoms with Gasteiger partial charge in [0.2, 0.25) is 0 Å². The number of β-amino-alcohol motifs (C(OH)–C–C–N with tert-alkyl or cyclic N) is 2. The largest absolute Gasteiger partial charge is 0.392 e. The maximum Gasteiger partial charge on any atom is 0.142 e. The highest BCUT2D eigenvalue weighted by Crippen LogP contribution is 2.10. The molecule has 0 aromatic carbocycles. The summed E-state index contributed by atoms with van der Waals surface area (Å²) < 4.78 is 5.93. The van der Waals surface area contributed by atoms with Gasteiger partial charge in [-0.1, -0.05) is 0 Å². The molecule has 1 rings (SSSR count). The van der Waals surface area contributed by atoms with E-state index in [0.29, 0.717) is 31.0 Å². The van der Waals surface area contributed by atoms with Gasteiger partial charge in [0.15, 0.2) is 0 Å². The first-order chi connectivity index (χ1) is 11.6. The van der Waals surface area contributed by atoms with Gasteiger partial charge in [-0.15, -0.1) is 0 Å². The zero-order valence-corrected chi connectivity index (χ0v) is 15.8. The first-order valence-corrected chi connectivity index (χ1v) is 8.94. The lowest BCUT2D eigenvalue weighted by molar-refractivity contribution is -0.209. The molecule has 1 fully saturated rings. The van der Waals surface area contributed by atoms with Crippen LogP contribution in [0.5, 0.6) is 0 Å². The number of nitrogens with zero attached hydrogens (tertiary/aromatic N) is 1. The van der Waals surface area contributed by atoms with Crippen LogP contribution in [0.2, 0.25) is 0 Å². The summed E-state index contributed by atoms with van der Waals surface area (Å²) in [6, 6.07) is 0.0943. The Labute approximate surface area is 150 Å². The van der Waals surface area contributed by atoms with Crippen molar-refractivity contribution in [2.24, 2.45) is 0 Å². The van der Waals surface area contributed by atoms with E-state index in [-0.39, 0.29) is 31.0 Å². The van der Waals surface area contributed by atoms with Gasteiger partial charge < -0.3 is 30.6 Å². The summed E-state index contributed by atoms with van der Waals surface area (Å²) >= 11 is 0. The number of aliphatic hydroxyl groups is 3. The van der Waals surface area contributed by atoms with E-state index in [0.717, 1.165) is 0 Å². The molecule has 5 atom stereocenters. The monoisotopic (exact) mass is 364 g/mol. The van der Waals surface area contributed by atoms with Crippen LogP contribution in [0.1, 0.15) is 40.5 Å². The topological polar surface area (TPSA) is 129 Å². The molecule has 7 N–H and O–H groups in total. The second-order valence-corrected chi connectivity index (χ2v) is 7.69. The molecule has 0 aromatic heterocycles. The first kappa shape index (κ1) is 22.7. The van der Waals surface area contributed by atoms with Crippen LogP contribution in [-0.2, 0) is 4.74 Å². The summed E-state index contributed by atoms with van der Waals surface area (Å²) in [5.74, 6) is 0. The maximum absolute atomic E-state index is 10.0. The summed E-state index contributed by atoms with van der Waals surface area (Å²) in [5, 5.41) is 49.9. The van der Waals surface area contributed by atoms with Gasteiger partial charge in [0, 0.05) is 25.7 Å². The minimum Gasteiger partial charge on any atom is -0.392 e. The van der Waals surface area contributed by atoms with E-state index in [1.165, 1.54) is 0 Å². The van der Waals surface area contributed by atoms with Crippen molar-refractivity contribution >= 4 is 0 Å². The fourth-order valence-electron chi connectivity index (χ4n) is 2.50. The quantitative estimate of drug-likeness (QED) is 0.306. The number of hydrogen-bond donors (Lipinski definition) is 7. The molecule has 1 saturated heterocycles. The van der Waals surface area contributed by atoms with E-state index in [4.69, 9.17) is 4.74 Å². The molecule has 0 spiro atoms. The Morgan fingerprint density at radius 3 is 2.28 bits per heavy atom. The third-order valence-corrected chi connectivity index (χ3v) is 3.85. The maximum atomic E-state index is 10.0. The van der Waals surface area contributed by atoms with Gasteiger partial charge in [-0.3, -0.25) is 10.6 Å². The van der Waals surface area contributed by atoms with Crippen LogP contribution in [0.4, 0.5) is 0 Å². The molecule has 1 aliphatic heterocycles. The van der Waals surface area contributed by atoms with Gasteiger partial charge in [0.25, 0.3) is 0 Å². The van der Waals surface area contributed by atoms with Crippen molar-refractivity contribution in [2.75, 3.05) is 26.2 Å². The normalized spacial score (nSPS) is 35.8. The van der Waals surface area contributed by atoms with E-state index >= 15 is 0 Å². The summed E-state index contributed by atoms with van der Waals surface area (Å²) in [4.78, 5) is 0. The van der Waals surface area contributed by atoms with E-state index in [2.05, 4.69) is 16.0 Å². The van der Waals surface area contributed by atoms with Crippen LogP contribution in [0.25, 0.3) is 0 Å². The highest BCUT2D eigenvalue weighted by atomic mass is 16.5. The summed E-state index contributed by atoms with van der Waals surface area (Å²) in [6.07, 6.45) is -2.47. The second kappa shape index (κ2) is 10.7. The lowest BCUT2D eigenvalue weighted by atomic mass is 10.1. The number of hydroxylamine groups is 2. The van der Waals surface area contributed by atoms with Gasteiger partial charge in [0.1, 0.15) is 18.7 Å². The lowest BCUT2D eigenvalue weighted by Crippen LogP contribution is -2.52. The molecule has 9 nitrogen and oxygen atoms in total. The molecule has 9 heteroatoms. The zero-order chi connectivity index (χ0) is 19.0. The molecular weight excluding hydrogens is 328 g/mol. The van der Waals surface area contributed by atoms with Gasteiger partial charge >= 0.3 is 0 Å². The molecule has 0 aromatic rings. The number of rotatable bonds is 1. The van der Waals surface area contributed by atoms with Crippen LogP contribution in [0, 0.1) is 0 Å². The van der Waals surface area contributed by atoms with Gasteiger partial charge in [0.05, 0.1) is 18.2 Å². The van der Waals surface area contributed by atoms with Gasteiger partial charge in [-0.25, -0.2) is 0 Å². The molecular formula is C16H36N4O5. The summed E-state index contributed by atoms with van der Waals surface area (Å²) in [7, 11) is 0. The molecule has 5 unspecified atom stereocenters. The van der Waals surface area contributed by atoms with Crippen molar-refractivity contribution in [2.45, 2.75) is 77.0 Å². The average molecular weight is 364 g/mol. The molecule has 0 radical (unpaired) electrons. The van der Waals surface area contributed by atoms with Crippen LogP contribution >= 0.6 is 0 Å². The Morgan fingerprint density at radius 2 is 1.64 bits per heavy atom. The summed E-state index contributed by atoms with van der Waals surface area (Å²) in [5.41, 5.74) is -0.375. The van der Waals surface area contributed by atoms with Gasteiger partial charge in [-0.2, -0.15) is 5.06 Å². The number of hydrogen-bond acceptors (Lipinski definition) is 9. The first-order valence-electron chi connectivity index (χ1n) is 8.94. The molecule has 150 valence electrons. The van der Waals surface area contributed by atoms with Crippen LogP contribution < -0.4 is 16.0 Å². The van der Waals surface area contributed by atoms with Crippen LogP contribution in [0.3, 0.4) is 0 Å². The predicted octanol–water partition coefficient (Wildman–Crippen LogP) is -1.23. The van der Waals surface area contributed by atoms with Crippen LogP contribution in [-0.4, -0.2) is 88.2 Å². The molecule has 0 amide bonds. The Kier molecular flexibility index (Phi) is 9.71. The van der Waals surface area contributed by atoms with E-state index < -0.39 is 18.6 Å². The molecule has 0 saturated carbocycles. The third kappa shape index (κ3) is 10.4. The van der Waals surface area contributed by atoms with Crippen molar-refractivity contribution in [3.63, 3.8) is 0 Å². The average Bonchev–Trinajstić information content (AvgIpc) is 2.51. The fourth-order valence-corrected chi connectivity index (χ4v) is 2.50. The zero-order valence-electron chi connectivity index (χ0n) is 15.8. The van der Waals surface area contributed by atoms with Gasteiger partial charge in [-0.05, 0) is 40.5 Å². The third-order valence-electron chi connectivity index (χ3n) is 3.85. The summed E-state index contributed by atoms with van der Waals surface area (Å²) in [6.45, 7) is 8.86. The molecule has 0 bridgehead atoms. The smallest absolute Gasteiger partial charge is 0.142 e. The predicted molar refractivity (Wildman–Crippen MR) is 93.8 cm³/mol. The molecule has 1 heterocycles. The lowest BCUT2D eigenvalue weighted by Gasteiger charge is -2.31. The minimum absolute atomic E-state index is 0.0842. The Morgan fingerprint density at radius 1 is 0.960 bits per heavy atom. The van der Waals surface area contributed by atoms with E-state index in [1.54, 1.807) is 0 Å². The highest BCUT2D eigenvalue weighted by molar-refractivity contribution is 4.74. The van der Waals surface area contributed by atoms with Crippen molar-refractivity contribution in [1.82, 2.24) is 21.0 Å². The Bertz CT molecular complexity index is 369. The van der Waals surface area contributed by atoms with Crippen molar-refractivity contribution in [3.8, 4) is 0 Å². The highest BCUT2D eigenvalue weighted by Gasteiger charge is 2.23. The van der Waals surface area contributed by atoms with Crippen molar-refractivity contribution in [1.29, 1.82) is 0 Å². The van der Waals surface area contributed by atoms with Crippen LogP contribution in [0.15, 0.2) is 0 Å². The Balaban J connectivity index is 2.72. The molecule has 25 heavy (non-hydrogen) atoms. The number of ether oxygens (including phenoxy) is 1. The molecule has 1 aliphatic rings. The number of aliphatic hydroxyl groups excluding tert-OH is 3. The Hall–Kier alpha value is -0.360. The SMILES string of the molecule is CC1CNC(O)CCC(O)CN(O)C(O)CNC(OC(C)(C)C)CN1. The van der Waals surface area contributed by atoms with Crippen molar-refractivity contribution < 1.29 is 25.3 Å². The standard InChI is InChI=1S/C16H36N4O5/c1-11-7-18-13(22)6-5-12(21)10-20(24)15(23)9-19-14(8-17-11)25-16(2,3)4/h11-15,17-19,21-24H,5-10H2,1-4H3. The second-order valence-electron chi connectivity index (χ2n) is 7.69. The fraction of sp³-hybridized carbons (Fsp3) is 1.00.